The van der Waals surface area contributed by atoms with E-state index >= 15 is 0 Å². The molecule has 5 heterocycles. The van der Waals surface area contributed by atoms with E-state index in [9.17, 15) is 19.5 Å². The van der Waals surface area contributed by atoms with Gasteiger partial charge in [-0.3, -0.25) is 14.5 Å². The van der Waals surface area contributed by atoms with Crippen molar-refractivity contribution in [1.29, 1.82) is 0 Å². The number of nitrogens with one attached hydrogen (secondary N) is 2. The number of rotatable bonds is 7. The Morgan fingerprint density at radius 1 is 1.44 bits per heavy atom. The van der Waals surface area contributed by atoms with Gasteiger partial charge in [0.05, 0.1) is 23.4 Å². The molecule has 0 spiro atoms. The molecule has 4 N–H and O–H groups in total. The topological polar surface area (TPSA) is 183 Å². The van der Waals surface area contributed by atoms with Gasteiger partial charge in [-0.25, -0.2) is 0 Å². The molecule has 186 valence electrons. The Balaban J connectivity index is 1.38. The predicted molar refractivity (Wildman–Crippen MR) is 127 cm³/mol. The van der Waals surface area contributed by atoms with E-state index in [1.807, 2.05) is 35.8 Å². The van der Waals surface area contributed by atoms with Crippen molar-refractivity contribution in [2.24, 2.45) is 5.16 Å². The van der Waals surface area contributed by atoms with Crippen LogP contribution >= 0.6 is 23.3 Å². The zero-order chi connectivity index (χ0) is 25.6. The number of carbonyl (C=O) groups is 3. The van der Waals surface area contributed by atoms with Gasteiger partial charge in [0.25, 0.3) is 11.8 Å². The minimum absolute atomic E-state index is 0.0405. The number of aliphatic carboxylic acids is 1. The fourth-order valence-corrected chi connectivity index (χ4v) is 6.03. The summed E-state index contributed by atoms with van der Waals surface area (Å²) in [4.78, 5) is 47.8. The summed E-state index contributed by atoms with van der Waals surface area (Å²) in [6.45, 7) is 1.95. The lowest BCUT2D eigenvalue weighted by Crippen LogP contribution is -2.71. The molecule has 2 amide bonds. The highest BCUT2D eigenvalue weighted by Gasteiger charge is 2.53. The van der Waals surface area contributed by atoms with Crippen LogP contribution in [-0.4, -0.2) is 67.1 Å². The maximum atomic E-state index is 13.0. The Bertz CT molecular complexity index is 1460. The fraction of sp³-hybridized carbons (Fsp3) is 0.286. The average molecular weight is 529 g/mol. The van der Waals surface area contributed by atoms with E-state index in [2.05, 4.69) is 24.9 Å². The Morgan fingerprint density at radius 3 is 2.94 bits per heavy atom. The highest BCUT2D eigenvalue weighted by atomic mass is 32.2. The Labute approximate surface area is 212 Å². The van der Waals surface area contributed by atoms with Crippen LogP contribution < -0.4 is 20.7 Å². The number of nitrogens with zero attached hydrogens (tertiary/aromatic N) is 5. The molecule has 15 heteroatoms. The predicted octanol–water partition coefficient (Wildman–Crippen LogP) is -1.51. The number of carboxylic acid groups (broad SMARTS) is 1. The summed E-state index contributed by atoms with van der Waals surface area (Å²) in [6.07, 6.45) is 2.14. The summed E-state index contributed by atoms with van der Waals surface area (Å²) in [5.74, 6) is -2.45. The van der Waals surface area contributed by atoms with Crippen LogP contribution in [0.2, 0.25) is 0 Å². The van der Waals surface area contributed by atoms with Crippen molar-refractivity contribution in [1.82, 2.24) is 24.7 Å². The number of fused-ring (bicyclic) bond motifs is 2. The Hall–Kier alpha value is -3.98. The third-order valence-electron chi connectivity index (χ3n) is 5.86. The molecule has 0 aromatic carbocycles. The quantitative estimate of drug-likeness (QED) is 0.142. The number of nitrogens with two attached hydrogens (primary N) is 1. The molecule has 1 fully saturated rings. The minimum Gasteiger partial charge on any atom is -0.543 e. The summed E-state index contributed by atoms with van der Waals surface area (Å²) >= 11 is 2.23. The van der Waals surface area contributed by atoms with E-state index in [1.54, 1.807) is 0 Å². The number of amides is 2. The molecule has 36 heavy (non-hydrogen) atoms. The van der Waals surface area contributed by atoms with Crippen molar-refractivity contribution < 1.29 is 28.8 Å². The van der Waals surface area contributed by atoms with Crippen molar-refractivity contribution in [2.45, 2.75) is 24.8 Å². The van der Waals surface area contributed by atoms with Crippen molar-refractivity contribution >= 4 is 57.4 Å². The monoisotopic (exact) mass is 528 g/mol. The van der Waals surface area contributed by atoms with Gasteiger partial charge in [-0.1, -0.05) is 9.67 Å². The molecule has 1 saturated heterocycles. The lowest BCUT2D eigenvalue weighted by Gasteiger charge is -2.50. The number of thioether (sulfide) groups is 1. The van der Waals surface area contributed by atoms with Gasteiger partial charge >= 0.3 is 0 Å². The highest BCUT2D eigenvalue weighted by molar-refractivity contribution is 8.00. The van der Waals surface area contributed by atoms with Crippen LogP contribution in [0.25, 0.3) is 5.52 Å². The largest absolute Gasteiger partial charge is 0.543 e. The molecule has 2 aliphatic heterocycles. The highest BCUT2D eigenvalue weighted by Crippen LogP contribution is 2.41. The van der Waals surface area contributed by atoms with Crippen LogP contribution in [0.15, 0.2) is 40.8 Å². The van der Waals surface area contributed by atoms with Crippen LogP contribution in [0, 0.1) is 6.92 Å². The van der Waals surface area contributed by atoms with Gasteiger partial charge in [-0.15, -0.1) is 11.8 Å². The van der Waals surface area contributed by atoms with E-state index in [1.165, 1.54) is 23.8 Å². The molecule has 5 rings (SSSR count). The second-order valence-corrected chi connectivity index (χ2v) is 9.93. The molecule has 0 radical (unpaired) electrons. The van der Waals surface area contributed by atoms with Crippen molar-refractivity contribution in [3.05, 3.63) is 52.7 Å². The van der Waals surface area contributed by atoms with E-state index in [-0.39, 0.29) is 22.4 Å². The molecule has 13 nitrogen and oxygen atoms in total. The van der Waals surface area contributed by atoms with Crippen molar-refractivity contribution in [3.8, 4) is 0 Å². The molecule has 0 bridgehead atoms. The van der Waals surface area contributed by atoms with E-state index < -0.39 is 29.2 Å². The second-order valence-electron chi connectivity index (χ2n) is 8.04. The van der Waals surface area contributed by atoms with E-state index in [4.69, 9.17) is 10.6 Å². The number of pyridine rings is 1. The zero-order valence-corrected chi connectivity index (χ0v) is 20.7. The summed E-state index contributed by atoms with van der Waals surface area (Å²) in [5.41, 5.74) is 8.52. The first-order chi connectivity index (χ1) is 17.3. The fourth-order valence-electron chi connectivity index (χ4n) is 4.25. The number of carboxylic acids is 1. The number of aryl methyl sites for hydroxylation is 1. The lowest BCUT2D eigenvalue weighted by molar-refractivity contribution is -0.583. The van der Waals surface area contributed by atoms with Crippen molar-refractivity contribution in [2.75, 3.05) is 18.6 Å². The first-order valence-electron chi connectivity index (χ1n) is 10.7. The third kappa shape index (κ3) is 3.95. The third-order valence-corrected chi connectivity index (χ3v) is 7.75. The van der Waals surface area contributed by atoms with E-state index in [0.717, 1.165) is 28.3 Å². The molecule has 0 unspecified atom stereocenters. The molecule has 3 aromatic rings. The standard InChI is InChI=1S/C21H20N8O5S2/c1-9-4-3-5-12-10(7-23-29(9)12)6-11-8-35-19-14(18(31)28(19)15(11)20(32)33)24-17(30)13(26-34-2)16-25-21(22)36-27-16/h3-5,7,14,19H,6,8H2,1-2H3,(H4,22,24,25,27,30,32,33)/b26-13-/t14-,19+/m1/s1. The Kier molecular flexibility index (Phi) is 6.09. The normalized spacial score (nSPS) is 19.8. The van der Waals surface area contributed by atoms with E-state index in [0.29, 0.717) is 17.7 Å². The first-order valence-corrected chi connectivity index (χ1v) is 12.5. The first kappa shape index (κ1) is 23.7. The van der Waals surface area contributed by atoms with Crippen LogP contribution in [0.1, 0.15) is 17.1 Å². The smallest absolute Gasteiger partial charge is 0.278 e. The van der Waals surface area contributed by atoms with Gasteiger partial charge in [-0.2, -0.15) is 14.5 Å². The number of β-lactam (4-membered cyclic amide) rings is 1. The van der Waals surface area contributed by atoms with Gasteiger partial charge in [-0.05, 0) is 11.6 Å². The second kappa shape index (κ2) is 9.23. The van der Waals surface area contributed by atoms with Crippen LogP contribution in [0.5, 0.6) is 0 Å². The Morgan fingerprint density at radius 2 is 2.25 bits per heavy atom. The summed E-state index contributed by atoms with van der Waals surface area (Å²) in [5, 5.41) is 21.0. The molecule has 0 saturated carbocycles. The van der Waals surface area contributed by atoms with Crippen LogP contribution in [0.4, 0.5) is 5.13 Å². The number of H-pyrrole nitrogens is 1. The maximum absolute atomic E-state index is 13.0. The number of oxime groups is 1. The molecular weight excluding hydrogens is 508 g/mol. The number of anilines is 1. The molecule has 2 atom stereocenters. The van der Waals surface area contributed by atoms with Gasteiger partial charge in [0, 0.05) is 42.8 Å². The van der Waals surface area contributed by atoms with Gasteiger partial charge < -0.3 is 25.8 Å². The number of nitrogen functional groups attached to an aromatic ring is 1. The molecule has 3 aromatic heterocycles. The maximum Gasteiger partial charge on any atom is 0.278 e. The lowest BCUT2D eigenvalue weighted by atomic mass is 9.99. The molecule has 0 aliphatic carbocycles. The summed E-state index contributed by atoms with van der Waals surface area (Å²) in [6, 6.07) is 4.84. The SMILES string of the molecule is CO/N=C(\C(=O)N[C@@H]1C(=O)N2C(C(=O)[O-])=C(Cc3c[nH][n+]4c(C)cccc34)CS[C@@H]12)c1nsc(N)n1. The number of aromatic nitrogens is 4. The number of aromatic amines is 1. The zero-order valence-electron chi connectivity index (χ0n) is 19.0. The van der Waals surface area contributed by atoms with Crippen LogP contribution in [-0.2, 0) is 25.6 Å². The summed E-state index contributed by atoms with van der Waals surface area (Å²) < 4.78 is 5.85. The summed E-state index contributed by atoms with van der Waals surface area (Å²) in [7, 11) is 1.25. The van der Waals surface area contributed by atoms with Gasteiger partial charge in [0.15, 0.2) is 5.13 Å². The average Bonchev–Trinajstić information content (AvgIpc) is 3.47. The van der Waals surface area contributed by atoms with Crippen LogP contribution in [0.3, 0.4) is 0 Å². The number of hydrogen-bond acceptors (Lipinski definition) is 11. The number of hydrogen-bond donors (Lipinski definition) is 3. The molecule has 2 aliphatic rings. The van der Waals surface area contributed by atoms with Crippen molar-refractivity contribution in [3.63, 3.8) is 0 Å². The van der Waals surface area contributed by atoms with Gasteiger partial charge in [0.2, 0.25) is 22.7 Å². The number of carbonyl (C=O) groups excluding carboxylic acids is 3. The molecular formula is C21H20N8O5S2. The van der Waals surface area contributed by atoms with Gasteiger partial charge in [0.1, 0.15) is 18.5 Å². The minimum atomic E-state index is -1.44.